The average molecular weight is 452 g/mol. The van der Waals surface area contributed by atoms with E-state index in [9.17, 15) is 13.2 Å². The first-order valence-corrected chi connectivity index (χ1v) is 10.6. The number of halogens is 1. The molecule has 142 valence electrons. The van der Waals surface area contributed by atoms with Gasteiger partial charge in [-0.2, -0.15) is 0 Å². The Bertz CT molecular complexity index is 986. The van der Waals surface area contributed by atoms with Crippen LogP contribution in [0.4, 0.5) is 5.69 Å². The van der Waals surface area contributed by atoms with Crippen LogP contribution in [0.1, 0.15) is 10.4 Å². The first kappa shape index (κ1) is 19.4. The summed E-state index contributed by atoms with van der Waals surface area (Å²) in [7, 11) is -0.318. The third-order valence-corrected chi connectivity index (χ3v) is 6.10. The molecule has 0 saturated heterocycles. The summed E-state index contributed by atoms with van der Waals surface area (Å²) in [6, 6.07) is 11.4. The SMILES string of the molecule is COc1ccc(C(=O)N(c2ccc(Br)cc2)[C@@H]2C=CS(=O)(=O)C2)cc1OC. The second kappa shape index (κ2) is 7.74. The van der Waals surface area contributed by atoms with E-state index in [0.717, 1.165) is 9.88 Å². The Kier molecular flexibility index (Phi) is 5.57. The number of nitrogens with zero attached hydrogens (tertiary/aromatic N) is 1. The van der Waals surface area contributed by atoms with Crippen LogP contribution in [0.25, 0.3) is 0 Å². The van der Waals surface area contributed by atoms with Crippen molar-refractivity contribution in [1.82, 2.24) is 0 Å². The van der Waals surface area contributed by atoms with Gasteiger partial charge in [-0.05, 0) is 48.5 Å². The summed E-state index contributed by atoms with van der Waals surface area (Å²) >= 11 is 3.37. The summed E-state index contributed by atoms with van der Waals surface area (Å²) in [5, 5.41) is 1.16. The maximum absolute atomic E-state index is 13.3. The van der Waals surface area contributed by atoms with Crippen LogP contribution in [0.15, 0.2) is 58.4 Å². The van der Waals surface area contributed by atoms with E-state index in [1.54, 1.807) is 42.5 Å². The van der Waals surface area contributed by atoms with Crippen LogP contribution in [0.3, 0.4) is 0 Å². The summed E-state index contributed by atoms with van der Waals surface area (Å²) < 4.78 is 35.2. The van der Waals surface area contributed by atoms with Crippen LogP contribution in [-0.2, 0) is 9.84 Å². The number of anilines is 1. The molecule has 0 spiro atoms. The van der Waals surface area contributed by atoms with Crippen molar-refractivity contribution >= 4 is 37.4 Å². The van der Waals surface area contributed by atoms with Crippen LogP contribution < -0.4 is 14.4 Å². The molecule has 0 unspecified atom stereocenters. The number of carbonyl (C=O) groups excluding carboxylic acids is 1. The number of hydrogen-bond donors (Lipinski definition) is 0. The molecule has 0 aliphatic carbocycles. The van der Waals surface area contributed by atoms with Crippen LogP contribution in [0.2, 0.25) is 0 Å². The first-order valence-electron chi connectivity index (χ1n) is 8.07. The van der Waals surface area contributed by atoms with E-state index in [1.165, 1.54) is 25.2 Å². The first-order chi connectivity index (χ1) is 12.8. The number of hydrogen-bond acceptors (Lipinski definition) is 5. The van der Waals surface area contributed by atoms with Gasteiger partial charge in [0.05, 0.1) is 26.0 Å². The molecule has 0 bridgehead atoms. The molecule has 0 N–H and O–H groups in total. The molecular formula is C19H18BrNO5S. The van der Waals surface area contributed by atoms with Crippen LogP contribution in [0.5, 0.6) is 11.5 Å². The third kappa shape index (κ3) is 4.17. The van der Waals surface area contributed by atoms with E-state index in [0.29, 0.717) is 22.7 Å². The number of carbonyl (C=O) groups is 1. The zero-order valence-electron chi connectivity index (χ0n) is 14.8. The number of benzene rings is 2. The minimum Gasteiger partial charge on any atom is -0.493 e. The highest BCUT2D eigenvalue weighted by atomic mass is 79.9. The predicted molar refractivity (Wildman–Crippen MR) is 107 cm³/mol. The fourth-order valence-corrected chi connectivity index (χ4v) is 4.42. The maximum atomic E-state index is 13.3. The van der Waals surface area contributed by atoms with Gasteiger partial charge >= 0.3 is 0 Å². The Morgan fingerprint density at radius 1 is 1.07 bits per heavy atom. The van der Waals surface area contributed by atoms with Gasteiger partial charge in [-0.3, -0.25) is 4.79 Å². The summed E-state index contributed by atoms with van der Waals surface area (Å²) in [4.78, 5) is 14.8. The number of ether oxygens (including phenoxy) is 2. The molecule has 2 aromatic carbocycles. The monoisotopic (exact) mass is 451 g/mol. The molecule has 27 heavy (non-hydrogen) atoms. The zero-order valence-corrected chi connectivity index (χ0v) is 17.2. The Morgan fingerprint density at radius 3 is 2.30 bits per heavy atom. The van der Waals surface area contributed by atoms with Gasteiger partial charge < -0.3 is 14.4 Å². The van der Waals surface area contributed by atoms with Gasteiger partial charge in [0.2, 0.25) is 0 Å². The van der Waals surface area contributed by atoms with E-state index >= 15 is 0 Å². The largest absolute Gasteiger partial charge is 0.493 e. The predicted octanol–water partition coefficient (Wildman–Crippen LogP) is 3.42. The molecule has 3 rings (SSSR count). The van der Waals surface area contributed by atoms with Crippen molar-refractivity contribution < 1.29 is 22.7 Å². The molecule has 0 aromatic heterocycles. The topological polar surface area (TPSA) is 72.9 Å². The van der Waals surface area contributed by atoms with E-state index in [4.69, 9.17) is 9.47 Å². The van der Waals surface area contributed by atoms with Gasteiger partial charge in [0.25, 0.3) is 5.91 Å². The Hall–Kier alpha value is -2.32. The Morgan fingerprint density at radius 2 is 1.74 bits per heavy atom. The van der Waals surface area contributed by atoms with Crippen molar-refractivity contribution in [2.45, 2.75) is 6.04 Å². The molecule has 0 radical (unpaired) electrons. The Balaban J connectivity index is 2.03. The van der Waals surface area contributed by atoms with Crippen molar-refractivity contribution in [1.29, 1.82) is 0 Å². The van der Waals surface area contributed by atoms with Crippen LogP contribution in [0, 0.1) is 0 Å². The van der Waals surface area contributed by atoms with Gasteiger partial charge in [0, 0.05) is 21.1 Å². The number of rotatable bonds is 5. The lowest BCUT2D eigenvalue weighted by Crippen LogP contribution is -2.41. The van der Waals surface area contributed by atoms with Gasteiger partial charge in [0.15, 0.2) is 21.3 Å². The maximum Gasteiger partial charge on any atom is 0.258 e. The average Bonchev–Trinajstić information content (AvgIpc) is 3.02. The van der Waals surface area contributed by atoms with Crippen molar-refractivity contribution in [3.8, 4) is 11.5 Å². The van der Waals surface area contributed by atoms with Gasteiger partial charge in [-0.1, -0.05) is 15.9 Å². The number of methoxy groups -OCH3 is 2. The third-order valence-electron chi connectivity index (χ3n) is 4.20. The summed E-state index contributed by atoms with van der Waals surface area (Å²) in [5.74, 6) is 0.452. The molecule has 0 saturated carbocycles. The molecule has 8 heteroatoms. The summed E-state index contributed by atoms with van der Waals surface area (Å²) in [6.07, 6.45) is 1.54. The van der Waals surface area contributed by atoms with Crippen molar-refractivity contribution in [3.63, 3.8) is 0 Å². The second-order valence-electron chi connectivity index (χ2n) is 5.95. The van der Waals surface area contributed by atoms with E-state index in [2.05, 4.69) is 15.9 Å². The number of sulfone groups is 1. The highest BCUT2D eigenvalue weighted by molar-refractivity contribution is 9.10. The quantitative estimate of drug-likeness (QED) is 0.695. The van der Waals surface area contributed by atoms with Crippen LogP contribution >= 0.6 is 15.9 Å². The molecule has 0 fully saturated rings. The van der Waals surface area contributed by atoms with Crippen molar-refractivity contribution in [2.24, 2.45) is 0 Å². The fraction of sp³-hybridized carbons (Fsp3) is 0.211. The summed E-state index contributed by atoms with van der Waals surface area (Å²) in [6.45, 7) is 0. The second-order valence-corrected chi connectivity index (χ2v) is 8.79. The van der Waals surface area contributed by atoms with Crippen molar-refractivity contribution in [3.05, 3.63) is 64.0 Å². The molecule has 1 aliphatic heterocycles. The molecule has 1 heterocycles. The molecular weight excluding hydrogens is 434 g/mol. The van der Waals surface area contributed by atoms with Gasteiger partial charge in [-0.25, -0.2) is 8.42 Å². The number of amides is 1. The minimum atomic E-state index is -3.32. The highest BCUT2D eigenvalue weighted by Crippen LogP contribution is 2.31. The Labute approximate surface area is 166 Å². The van der Waals surface area contributed by atoms with E-state index in [-0.39, 0.29) is 11.7 Å². The normalized spacial score (nSPS) is 17.5. The molecule has 1 aliphatic rings. The highest BCUT2D eigenvalue weighted by Gasteiger charge is 2.32. The molecule has 1 amide bonds. The van der Waals surface area contributed by atoms with Gasteiger partial charge in [-0.15, -0.1) is 0 Å². The van der Waals surface area contributed by atoms with E-state index < -0.39 is 15.9 Å². The summed E-state index contributed by atoms with van der Waals surface area (Å²) in [5.41, 5.74) is 0.970. The lowest BCUT2D eigenvalue weighted by atomic mass is 10.1. The molecule has 6 nitrogen and oxygen atoms in total. The van der Waals surface area contributed by atoms with Gasteiger partial charge in [0.1, 0.15) is 0 Å². The van der Waals surface area contributed by atoms with E-state index in [1.807, 2.05) is 0 Å². The van der Waals surface area contributed by atoms with Crippen molar-refractivity contribution in [2.75, 3.05) is 24.9 Å². The standard InChI is InChI=1S/C19H18BrNO5S/c1-25-17-8-3-13(11-18(17)26-2)19(22)21(15-6-4-14(20)5-7-15)16-9-10-27(23,24)12-16/h3-11,16H,12H2,1-2H3/t16-/m1/s1. The minimum absolute atomic E-state index is 0.151. The lowest BCUT2D eigenvalue weighted by molar-refractivity contribution is 0.0982. The lowest BCUT2D eigenvalue weighted by Gasteiger charge is -2.28. The molecule has 2 aromatic rings. The fourth-order valence-electron chi connectivity index (χ4n) is 2.89. The molecule has 1 atom stereocenters. The zero-order chi connectivity index (χ0) is 19.6. The smallest absolute Gasteiger partial charge is 0.258 e. The van der Waals surface area contributed by atoms with Crippen LogP contribution in [-0.4, -0.2) is 40.3 Å².